The lowest BCUT2D eigenvalue weighted by Crippen LogP contribution is -2.47. The number of imidazole rings is 1. The zero-order valence-corrected chi connectivity index (χ0v) is 16.6. The Morgan fingerprint density at radius 3 is 2.54 bits per heavy atom. The quantitative estimate of drug-likeness (QED) is 0.593. The summed E-state index contributed by atoms with van der Waals surface area (Å²) in [6, 6.07) is 3.92. The maximum Gasteiger partial charge on any atom is 0.228 e. The van der Waals surface area contributed by atoms with Crippen LogP contribution in [0, 0.1) is 0 Å². The van der Waals surface area contributed by atoms with Gasteiger partial charge in [0.2, 0.25) is 5.95 Å². The molecule has 1 saturated heterocycles. The maximum atomic E-state index is 10.2. The van der Waals surface area contributed by atoms with Crippen molar-refractivity contribution in [3.8, 4) is 11.3 Å². The maximum absolute atomic E-state index is 10.2. The van der Waals surface area contributed by atoms with Gasteiger partial charge in [0.05, 0.1) is 18.5 Å². The highest BCUT2D eigenvalue weighted by Gasteiger charge is 2.32. The van der Waals surface area contributed by atoms with Crippen molar-refractivity contribution in [1.29, 1.82) is 0 Å². The molecule has 0 aliphatic carbocycles. The largest absolute Gasteiger partial charge is 0.393 e. The number of H-pyrrole nitrogens is 1. The summed E-state index contributed by atoms with van der Waals surface area (Å²) >= 11 is 0. The molecule has 0 atom stereocenters. The van der Waals surface area contributed by atoms with Crippen molar-refractivity contribution in [2.45, 2.75) is 18.4 Å². The summed E-state index contributed by atoms with van der Waals surface area (Å²) in [6.07, 6.45) is 4.34. The fourth-order valence-electron chi connectivity index (χ4n) is 3.24. The zero-order chi connectivity index (χ0) is 19.0. The number of nitrogens with one attached hydrogen (secondary N) is 1. The Labute approximate surface area is 168 Å². The lowest BCUT2D eigenvalue weighted by Gasteiger charge is -2.37. The van der Waals surface area contributed by atoms with E-state index < -0.39 is 5.60 Å². The van der Waals surface area contributed by atoms with Gasteiger partial charge in [0, 0.05) is 38.9 Å². The van der Waals surface area contributed by atoms with Crippen molar-refractivity contribution in [1.82, 2.24) is 24.9 Å². The van der Waals surface area contributed by atoms with E-state index in [1.807, 2.05) is 36.0 Å². The summed E-state index contributed by atoms with van der Waals surface area (Å²) in [6.45, 7) is 0.929. The highest BCUT2D eigenvalue weighted by Crippen LogP contribution is 2.29. The van der Waals surface area contributed by atoms with Crippen LogP contribution in [0.4, 0.5) is 11.8 Å². The Balaban J connectivity index is 0.00000225. The molecule has 1 fully saturated rings. The summed E-state index contributed by atoms with van der Waals surface area (Å²) < 4.78 is 0. The van der Waals surface area contributed by atoms with Gasteiger partial charge in [0.1, 0.15) is 17.0 Å². The normalized spacial score (nSPS) is 16.1. The molecule has 1 aliphatic rings. The van der Waals surface area contributed by atoms with Crippen LogP contribution in [0.1, 0.15) is 12.8 Å². The van der Waals surface area contributed by atoms with Gasteiger partial charge in [-0.05, 0) is 25.0 Å². The summed E-state index contributed by atoms with van der Waals surface area (Å²) in [5.41, 5.74) is 1.93. The van der Waals surface area contributed by atoms with Gasteiger partial charge in [-0.1, -0.05) is 0 Å². The number of anilines is 2. The lowest BCUT2D eigenvalue weighted by molar-refractivity contribution is -0.0327. The van der Waals surface area contributed by atoms with Crippen LogP contribution in [-0.2, 0) is 0 Å². The highest BCUT2D eigenvalue weighted by molar-refractivity contribution is 5.88. The molecular formula is C18H24ClN7O2. The van der Waals surface area contributed by atoms with E-state index in [0.717, 1.165) is 17.1 Å². The van der Waals surface area contributed by atoms with Crippen LogP contribution in [0.5, 0.6) is 0 Å². The van der Waals surface area contributed by atoms with E-state index in [1.54, 1.807) is 12.5 Å². The fourth-order valence-corrected chi connectivity index (χ4v) is 3.24. The minimum atomic E-state index is -1.01. The molecule has 28 heavy (non-hydrogen) atoms. The molecule has 3 aromatic heterocycles. The van der Waals surface area contributed by atoms with E-state index in [1.165, 1.54) is 0 Å². The topological polar surface area (TPSA) is 114 Å². The van der Waals surface area contributed by atoms with Crippen molar-refractivity contribution in [3.63, 3.8) is 0 Å². The molecule has 10 heteroatoms. The fraction of sp³-hybridized carbons (Fsp3) is 0.444. The minimum absolute atomic E-state index is 0. The number of hydrogen-bond donors (Lipinski definition) is 3. The summed E-state index contributed by atoms with van der Waals surface area (Å²) in [7, 11) is 3.89. The number of aliphatic hydroxyl groups is 2. The molecule has 0 aromatic carbocycles. The van der Waals surface area contributed by atoms with Crippen molar-refractivity contribution >= 4 is 35.3 Å². The second kappa shape index (κ2) is 7.86. The average molecular weight is 406 g/mol. The molecule has 4 rings (SSSR count). The molecule has 0 spiro atoms. The second-order valence-corrected chi connectivity index (χ2v) is 7.14. The predicted octanol–water partition coefficient (Wildman–Crippen LogP) is 1.23. The summed E-state index contributed by atoms with van der Waals surface area (Å²) in [4.78, 5) is 25.2. The van der Waals surface area contributed by atoms with Crippen molar-refractivity contribution in [3.05, 3.63) is 24.7 Å². The second-order valence-electron chi connectivity index (χ2n) is 7.14. The Bertz CT molecular complexity index is 937. The summed E-state index contributed by atoms with van der Waals surface area (Å²) in [5.74, 6) is 1.45. The van der Waals surface area contributed by atoms with Gasteiger partial charge in [0.25, 0.3) is 0 Å². The first-order valence-electron chi connectivity index (χ1n) is 8.92. The van der Waals surface area contributed by atoms with Crippen LogP contribution in [0.2, 0.25) is 0 Å². The first-order chi connectivity index (χ1) is 13.0. The van der Waals surface area contributed by atoms with Crippen LogP contribution >= 0.6 is 12.4 Å². The third kappa shape index (κ3) is 3.73. The number of aromatic amines is 1. The van der Waals surface area contributed by atoms with Crippen LogP contribution in [-0.4, -0.2) is 74.5 Å². The monoisotopic (exact) mass is 405 g/mol. The van der Waals surface area contributed by atoms with Crippen LogP contribution in [0.25, 0.3) is 22.4 Å². The number of aliphatic hydroxyl groups excluding tert-OH is 1. The average Bonchev–Trinajstić information content (AvgIpc) is 3.16. The van der Waals surface area contributed by atoms with E-state index in [0.29, 0.717) is 43.0 Å². The van der Waals surface area contributed by atoms with Gasteiger partial charge in [-0.15, -0.1) is 12.4 Å². The predicted molar refractivity (Wildman–Crippen MR) is 110 cm³/mol. The number of piperidine rings is 1. The van der Waals surface area contributed by atoms with Gasteiger partial charge in [-0.2, -0.15) is 4.98 Å². The van der Waals surface area contributed by atoms with Gasteiger partial charge < -0.3 is 25.0 Å². The highest BCUT2D eigenvalue weighted by atomic mass is 35.5. The molecule has 9 nitrogen and oxygen atoms in total. The molecule has 4 heterocycles. The molecule has 150 valence electrons. The first-order valence-corrected chi connectivity index (χ1v) is 8.92. The molecule has 0 amide bonds. The van der Waals surface area contributed by atoms with Crippen LogP contribution in [0.15, 0.2) is 24.7 Å². The number of rotatable bonds is 4. The third-order valence-corrected chi connectivity index (χ3v) is 5.02. The summed E-state index contributed by atoms with van der Waals surface area (Å²) in [5, 5.41) is 19.6. The van der Waals surface area contributed by atoms with E-state index in [-0.39, 0.29) is 19.0 Å². The number of pyridine rings is 1. The Morgan fingerprint density at radius 2 is 1.93 bits per heavy atom. The van der Waals surface area contributed by atoms with Gasteiger partial charge >= 0.3 is 0 Å². The molecule has 0 bridgehead atoms. The lowest BCUT2D eigenvalue weighted by atomic mass is 9.93. The number of aromatic nitrogens is 5. The molecule has 0 radical (unpaired) electrons. The van der Waals surface area contributed by atoms with E-state index in [2.05, 4.69) is 19.9 Å². The number of hydrogen-bond acceptors (Lipinski definition) is 8. The minimum Gasteiger partial charge on any atom is -0.393 e. The molecule has 3 N–H and O–H groups in total. The Morgan fingerprint density at radius 1 is 1.18 bits per heavy atom. The molecule has 0 saturated carbocycles. The van der Waals surface area contributed by atoms with E-state index in [9.17, 15) is 10.2 Å². The SMILES string of the molecule is CN(C)c1ccc(-c2nc(N3CCC(O)(CO)CC3)nc3[nH]cnc23)cn1.Cl. The molecular weight excluding hydrogens is 382 g/mol. The van der Waals surface area contributed by atoms with Crippen molar-refractivity contribution in [2.75, 3.05) is 43.6 Å². The Hall–Kier alpha value is -2.49. The number of fused-ring (bicyclic) bond motifs is 1. The molecule has 1 aliphatic heterocycles. The molecule has 0 unspecified atom stereocenters. The number of nitrogens with zero attached hydrogens (tertiary/aromatic N) is 6. The first kappa shape index (κ1) is 20.2. The van der Waals surface area contributed by atoms with E-state index in [4.69, 9.17) is 4.98 Å². The Kier molecular flexibility index (Phi) is 5.69. The van der Waals surface area contributed by atoms with Gasteiger partial charge in [-0.3, -0.25) is 0 Å². The molecule has 3 aromatic rings. The smallest absolute Gasteiger partial charge is 0.228 e. The van der Waals surface area contributed by atoms with Gasteiger partial charge in [0.15, 0.2) is 5.65 Å². The van der Waals surface area contributed by atoms with Gasteiger partial charge in [-0.25, -0.2) is 15.0 Å². The third-order valence-electron chi connectivity index (χ3n) is 5.02. The van der Waals surface area contributed by atoms with Crippen LogP contribution in [0.3, 0.4) is 0 Å². The van der Waals surface area contributed by atoms with Crippen molar-refractivity contribution in [2.24, 2.45) is 0 Å². The van der Waals surface area contributed by atoms with E-state index >= 15 is 0 Å². The standard InChI is InChI=1S/C18H23N7O2.ClH/c1-24(2)13-4-3-12(9-19-13)14-15-16(21-11-20-15)23-17(22-14)25-7-5-18(27,10-26)6-8-25;/h3-4,9,11,26-27H,5-8,10H2,1-2H3,(H,20,21,22,23);1H. The van der Waals surface area contributed by atoms with Crippen LogP contribution < -0.4 is 9.80 Å². The number of halogens is 1. The zero-order valence-electron chi connectivity index (χ0n) is 15.8. The van der Waals surface area contributed by atoms with Crippen molar-refractivity contribution < 1.29 is 10.2 Å².